The van der Waals surface area contributed by atoms with E-state index in [2.05, 4.69) is 20.6 Å². The maximum atomic E-state index is 12.8. The number of amides is 1. The van der Waals surface area contributed by atoms with E-state index in [0.717, 1.165) is 16.7 Å². The van der Waals surface area contributed by atoms with Crippen LogP contribution in [0.1, 0.15) is 27.0 Å². The number of para-hydroxylation sites is 2. The van der Waals surface area contributed by atoms with E-state index in [-0.39, 0.29) is 5.91 Å². The maximum absolute atomic E-state index is 12.8. The van der Waals surface area contributed by atoms with Crippen molar-refractivity contribution in [2.75, 3.05) is 12.4 Å². The van der Waals surface area contributed by atoms with Gasteiger partial charge >= 0.3 is 0 Å². The first-order chi connectivity index (χ1) is 14.1. The molecule has 148 valence electrons. The number of nitrogens with one attached hydrogen (secondary N) is 2. The number of aromatic nitrogens is 1. The summed E-state index contributed by atoms with van der Waals surface area (Å²) in [4.78, 5) is 21.5. The van der Waals surface area contributed by atoms with Gasteiger partial charge in [-0.25, -0.2) is 4.99 Å². The van der Waals surface area contributed by atoms with E-state index >= 15 is 0 Å². The number of hydrogen-bond donors (Lipinski definition) is 2. The highest BCUT2D eigenvalue weighted by atomic mass is 16.5. The van der Waals surface area contributed by atoms with Gasteiger partial charge in [-0.3, -0.25) is 15.1 Å². The Bertz CT molecular complexity index is 1020. The molecule has 0 fully saturated rings. The average molecular weight is 388 g/mol. The van der Waals surface area contributed by atoms with Crippen LogP contribution in [0.4, 0.5) is 5.69 Å². The Balaban J connectivity index is 1.85. The molecule has 3 rings (SSSR count). The van der Waals surface area contributed by atoms with Crippen molar-refractivity contribution in [1.29, 1.82) is 0 Å². The van der Waals surface area contributed by atoms with Crippen molar-refractivity contribution >= 4 is 17.6 Å². The summed E-state index contributed by atoms with van der Waals surface area (Å²) in [7, 11) is 1.60. The third kappa shape index (κ3) is 5.42. The molecule has 0 unspecified atom stereocenters. The monoisotopic (exact) mass is 388 g/mol. The Morgan fingerprint density at radius 2 is 1.90 bits per heavy atom. The number of benzene rings is 2. The standard InChI is InChI=1S/C23H24N4O2/c1-16-10-11-19(13-17(16)2)22(28)27-23(25-15-18-7-6-12-24-14-18)26-20-8-4-5-9-21(20)29-3/h4-14H,15H2,1-3H3,(H2,25,26,27,28). The molecule has 6 nitrogen and oxygen atoms in total. The van der Waals surface area contributed by atoms with Gasteiger partial charge in [0, 0.05) is 18.0 Å². The van der Waals surface area contributed by atoms with Crippen LogP contribution >= 0.6 is 0 Å². The molecule has 0 spiro atoms. The molecule has 1 heterocycles. The summed E-state index contributed by atoms with van der Waals surface area (Å²) in [6.45, 7) is 4.37. The quantitative estimate of drug-likeness (QED) is 0.510. The van der Waals surface area contributed by atoms with Crippen LogP contribution in [0.5, 0.6) is 5.75 Å². The van der Waals surface area contributed by atoms with Crippen LogP contribution in [0.2, 0.25) is 0 Å². The van der Waals surface area contributed by atoms with Gasteiger partial charge in [-0.15, -0.1) is 0 Å². The molecule has 0 bridgehead atoms. The first-order valence-electron chi connectivity index (χ1n) is 9.29. The number of ether oxygens (including phenoxy) is 1. The molecule has 2 N–H and O–H groups in total. The van der Waals surface area contributed by atoms with E-state index in [0.29, 0.717) is 29.5 Å². The first-order valence-corrected chi connectivity index (χ1v) is 9.29. The maximum Gasteiger partial charge on any atom is 0.257 e. The van der Waals surface area contributed by atoms with Crippen LogP contribution in [0, 0.1) is 13.8 Å². The predicted molar refractivity (Wildman–Crippen MR) is 115 cm³/mol. The van der Waals surface area contributed by atoms with Crippen molar-refractivity contribution in [3.63, 3.8) is 0 Å². The zero-order valence-electron chi connectivity index (χ0n) is 16.8. The Morgan fingerprint density at radius 3 is 2.62 bits per heavy atom. The van der Waals surface area contributed by atoms with Crippen LogP contribution in [-0.2, 0) is 6.54 Å². The number of rotatable bonds is 5. The largest absolute Gasteiger partial charge is 0.495 e. The molecule has 0 saturated carbocycles. The highest BCUT2D eigenvalue weighted by Gasteiger charge is 2.12. The van der Waals surface area contributed by atoms with Crippen LogP contribution in [0.25, 0.3) is 0 Å². The van der Waals surface area contributed by atoms with Crippen LogP contribution < -0.4 is 15.4 Å². The first kappa shape index (κ1) is 20.1. The molecule has 0 aliphatic rings. The zero-order chi connectivity index (χ0) is 20.6. The lowest BCUT2D eigenvalue weighted by Gasteiger charge is -2.14. The summed E-state index contributed by atoms with van der Waals surface area (Å²) >= 11 is 0. The highest BCUT2D eigenvalue weighted by molar-refractivity contribution is 6.10. The third-order valence-corrected chi connectivity index (χ3v) is 4.50. The van der Waals surface area contributed by atoms with Gasteiger partial charge in [0.1, 0.15) is 5.75 Å². The molecule has 0 atom stereocenters. The lowest BCUT2D eigenvalue weighted by Crippen LogP contribution is -2.36. The Morgan fingerprint density at radius 1 is 1.07 bits per heavy atom. The predicted octanol–water partition coefficient (Wildman–Crippen LogP) is 4.11. The van der Waals surface area contributed by atoms with E-state index in [4.69, 9.17) is 4.74 Å². The van der Waals surface area contributed by atoms with Gasteiger partial charge in [0.2, 0.25) is 5.96 Å². The van der Waals surface area contributed by atoms with E-state index in [1.165, 1.54) is 0 Å². The number of carbonyl (C=O) groups excluding carboxylic acids is 1. The summed E-state index contributed by atoms with van der Waals surface area (Å²) in [5, 5.41) is 6.04. The molecule has 3 aromatic rings. The third-order valence-electron chi connectivity index (χ3n) is 4.50. The second-order valence-electron chi connectivity index (χ2n) is 6.60. The number of methoxy groups -OCH3 is 1. The van der Waals surface area contributed by atoms with Crippen LogP contribution in [0.3, 0.4) is 0 Å². The second kappa shape index (κ2) is 9.50. The normalized spacial score (nSPS) is 11.1. The molecule has 0 saturated heterocycles. The van der Waals surface area contributed by atoms with Crippen molar-refractivity contribution in [3.8, 4) is 5.75 Å². The lowest BCUT2D eigenvalue weighted by atomic mass is 10.1. The molecular weight excluding hydrogens is 364 g/mol. The minimum atomic E-state index is -0.236. The van der Waals surface area contributed by atoms with Crippen molar-refractivity contribution in [2.24, 2.45) is 4.99 Å². The van der Waals surface area contributed by atoms with Gasteiger partial charge in [-0.2, -0.15) is 0 Å². The summed E-state index contributed by atoms with van der Waals surface area (Å²) < 4.78 is 5.39. The molecule has 0 radical (unpaired) electrons. The number of carbonyl (C=O) groups is 1. The van der Waals surface area contributed by atoms with Crippen molar-refractivity contribution in [1.82, 2.24) is 10.3 Å². The Kier molecular flexibility index (Phi) is 6.58. The molecular formula is C23H24N4O2. The van der Waals surface area contributed by atoms with E-state index < -0.39 is 0 Å². The number of nitrogens with zero attached hydrogens (tertiary/aromatic N) is 2. The highest BCUT2D eigenvalue weighted by Crippen LogP contribution is 2.23. The number of aliphatic imine (C=N–C) groups is 1. The minimum Gasteiger partial charge on any atom is -0.495 e. The molecule has 29 heavy (non-hydrogen) atoms. The number of anilines is 1. The van der Waals surface area contributed by atoms with Crippen molar-refractivity contribution in [3.05, 3.63) is 89.2 Å². The average Bonchev–Trinajstić information content (AvgIpc) is 2.75. The Labute approximate surface area is 170 Å². The smallest absolute Gasteiger partial charge is 0.257 e. The van der Waals surface area contributed by atoms with E-state index in [9.17, 15) is 4.79 Å². The number of guanidine groups is 1. The molecule has 1 aromatic heterocycles. The van der Waals surface area contributed by atoms with Gasteiger partial charge in [-0.1, -0.05) is 24.3 Å². The summed E-state index contributed by atoms with van der Waals surface area (Å²) in [6, 6.07) is 16.9. The molecule has 2 aromatic carbocycles. The molecule has 6 heteroatoms. The van der Waals surface area contributed by atoms with Crippen molar-refractivity contribution < 1.29 is 9.53 Å². The molecule has 0 aliphatic carbocycles. The van der Waals surface area contributed by atoms with E-state index in [1.807, 2.05) is 62.4 Å². The van der Waals surface area contributed by atoms with Gasteiger partial charge in [0.25, 0.3) is 5.91 Å². The summed E-state index contributed by atoms with van der Waals surface area (Å²) in [6.07, 6.45) is 3.46. The topological polar surface area (TPSA) is 75.6 Å². The fourth-order valence-corrected chi connectivity index (χ4v) is 2.71. The van der Waals surface area contributed by atoms with Crippen molar-refractivity contribution in [2.45, 2.75) is 20.4 Å². The van der Waals surface area contributed by atoms with Gasteiger partial charge < -0.3 is 10.1 Å². The van der Waals surface area contributed by atoms with E-state index in [1.54, 1.807) is 25.6 Å². The molecule has 1 amide bonds. The fourth-order valence-electron chi connectivity index (χ4n) is 2.71. The number of aryl methyl sites for hydroxylation is 2. The molecule has 0 aliphatic heterocycles. The number of pyridine rings is 1. The van der Waals surface area contributed by atoms with Gasteiger partial charge in [0.15, 0.2) is 0 Å². The lowest BCUT2D eigenvalue weighted by molar-refractivity contribution is 0.0977. The summed E-state index contributed by atoms with van der Waals surface area (Å²) in [5.41, 5.74) is 4.42. The van der Waals surface area contributed by atoms with Gasteiger partial charge in [0.05, 0.1) is 19.3 Å². The fraction of sp³-hybridized carbons (Fsp3) is 0.174. The zero-order valence-corrected chi connectivity index (χ0v) is 16.8. The minimum absolute atomic E-state index is 0.236. The van der Waals surface area contributed by atoms with Crippen LogP contribution in [-0.4, -0.2) is 24.0 Å². The second-order valence-corrected chi connectivity index (χ2v) is 6.60. The Hall–Kier alpha value is -3.67. The number of hydrogen-bond acceptors (Lipinski definition) is 4. The SMILES string of the molecule is COc1ccccc1NC(=NCc1cccnc1)NC(=O)c1ccc(C)c(C)c1. The van der Waals surface area contributed by atoms with Gasteiger partial charge in [-0.05, 0) is 60.9 Å². The summed E-state index contributed by atoms with van der Waals surface area (Å²) in [5.74, 6) is 0.754. The van der Waals surface area contributed by atoms with Crippen LogP contribution in [0.15, 0.2) is 72.0 Å².